The van der Waals surface area contributed by atoms with Crippen LogP contribution in [0.15, 0.2) is 24.8 Å². The first-order valence-electron chi connectivity index (χ1n) is 4.17. The Morgan fingerprint density at radius 2 is 2.23 bits per heavy atom. The van der Waals surface area contributed by atoms with Gasteiger partial charge in [-0.05, 0) is 18.9 Å². The predicted octanol–water partition coefficient (Wildman–Crippen LogP) is 2.44. The molecular weight excluding hydrogens is 164 g/mol. The van der Waals surface area contributed by atoms with Gasteiger partial charge in [0.1, 0.15) is 0 Å². The van der Waals surface area contributed by atoms with Crippen LogP contribution in [0.3, 0.4) is 0 Å². The van der Waals surface area contributed by atoms with Gasteiger partial charge in [0.05, 0.1) is 7.11 Å². The number of methoxy groups -OCH3 is 1. The molecule has 0 amide bonds. The Bertz CT molecular complexity index is 316. The van der Waals surface area contributed by atoms with Gasteiger partial charge < -0.3 is 9.84 Å². The van der Waals surface area contributed by atoms with Crippen molar-refractivity contribution < 1.29 is 9.84 Å². The first-order valence-corrected chi connectivity index (χ1v) is 4.17. The van der Waals surface area contributed by atoms with Gasteiger partial charge in [-0.15, -0.1) is 6.58 Å². The molecule has 70 valence electrons. The van der Waals surface area contributed by atoms with Crippen LogP contribution in [0.1, 0.15) is 11.1 Å². The molecular formula is C11H14O2. The third kappa shape index (κ3) is 1.83. The molecule has 0 aromatic heterocycles. The van der Waals surface area contributed by atoms with Gasteiger partial charge in [-0.2, -0.15) is 0 Å². The van der Waals surface area contributed by atoms with Crippen LogP contribution in [0.4, 0.5) is 0 Å². The topological polar surface area (TPSA) is 29.5 Å². The van der Waals surface area contributed by atoms with Crippen molar-refractivity contribution in [2.75, 3.05) is 7.11 Å². The Labute approximate surface area is 78.5 Å². The highest BCUT2D eigenvalue weighted by molar-refractivity contribution is 5.50. The van der Waals surface area contributed by atoms with Gasteiger partial charge in [-0.1, -0.05) is 18.2 Å². The SMILES string of the molecule is C=CCc1ccc(C)c(OC)c1O. The van der Waals surface area contributed by atoms with Crippen molar-refractivity contribution in [2.45, 2.75) is 13.3 Å². The maximum Gasteiger partial charge on any atom is 0.163 e. The second-order valence-electron chi connectivity index (χ2n) is 2.92. The smallest absolute Gasteiger partial charge is 0.163 e. The zero-order valence-corrected chi connectivity index (χ0v) is 8.00. The maximum atomic E-state index is 9.73. The van der Waals surface area contributed by atoms with Crippen molar-refractivity contribution >= 4 is 0 Å². The number of hydrogen-bond acceptors (Lipinski definition) is 2. The Morgan fingerprint density at radius 1 is 1.54 bits per heavy atom. The lowest BCUT2D eigenvalue weighted by Crippen LogP contribution is -1.91. The molecule has 0 saturated heterocycles. The molecule has 0 unspecified atom stereocenters. The Morgan fingerprint density at radius 3 is 2.77 bits per heavy atom. The van der Waals surface area contributed by atoms with E-state index in [1.807, 2.05) is 19.1 Å². The van der Waals surface area contributed by atoms with Gasteiger partial charge in [-0.25, -0.2) is 0 Å². The summed E-state index contributed by atoms with van der Waals surface area (Å²) < 4.78 is 5.08. The van der Waals surface area contributed by atoms with Crippen molar-refractivity contribution in [1.29, 1.82) is 0 Å². The van der Waals surface area contributed by atoms with Gasteiger partial charge in [-0.3, -0.25) is 0 Å². The maximum absolute atomic E-state index is 9.73. The quantitative estimate of drug-likeness (QED) is 0.720. The van der Waals surface area contributed by atoms with Crippen molar-refractivity contribution in [3.05, 3.63) is 35.9 Å². The molecule has 1 aromatic carbocycles. The number of aryl methyl sites for hydroxylation is 1. The molecule has 1 N–H and O–H groups in total. The lowest BCUT2D eigenvalue weighted by Gasteiger charge is -2.09. The summed E-state index contributed by atoms with van der Waals surface area (Å²) in [5, 5.41) is 9.73. The van der Waals surface area contributed by atoms with Crippen LogP contribution in [0.25, 0.3) is 0 Å². The Kier molecular flexibility index (Phi) is 2.96. The average Bonchev–Trinajstić information content (AvgIpc) is 2.11. The average molecular weight is 178 g/mol. The summed E-state index contributed by atoms with van der Waals surface area (Å²) in [7, 11) is 1.56. The number of phenols is 1. The van der Waals surface area contributed by atoms with E-state index in [-0.39, 0.29) is 5.75 Å². The second-order valence-corrected chi connectivity index (χ2v) is 2.92. The minimum Gasteiger partial charge on any atom is -0.504 e. The van der Waals surface area contributed by atoms with Gasteiger partial charge in [0.2, 0.25) is 0 Å². The van der Waals surface area contributed by atoms with Crippen LogP contribution in [0.2, 0.25) is 0 Å². The lowest BCUT2D eigenvalue weighted by atomic mass is 10.1. The molecule has 0 aliphatic heterocycles. The lowest BCUT2D eigenvalue weighted by molar-refractivity contribution is 0.368. The Balaban J connectivity index is 3.18. The molecule has 2 nitrogen and oxygen atoms in total. The molecule has 0 spiro atoms. The highest BCUT2D eigenvalue weighted by Crippen LogP contribution is 2.33. The number of phenolic OH excluding ortho intramolecular Hbond substituents is 1. The first-order chi connectivity index (χ1) is 6.20. The predicted molar refractivity (Wildman–Crippen MR) is 53.3 cm³/mol. The summed E-state index contributed by atoms with van der Waals surface area (Å²) in [6.07, 6.45) is 2.41. The highest BCUT2D eigenvalue weighted by atomic mass is 16.5. The van der Waals surface area contributed by atoms with E-state index in [4.69, 9.17) is 4.74 Å². The summed E-state index contributed by atoms with van der Waals surface area (Å²) in [6, 6.07) is 3.81. The molecule has 0 saturated carbocycles. The molecule has 1 aromatic rings. The molecule has 0 radical (unpaired) electrons. The molecule has 13 heavy (non-hydrogen) atoms. The van der Waals surface area contributed by atoms with E-state index in [1.54, 1.807) is 13.2 Å². The second kappa shape index (κ2) is 3.99. The first kappa shape index (κ1) is 9.65. The summed E-state index contributed by atoms with van der Waals surface area (Å²) in [4.78, 5) is 0. The van der Waals surface area contributed by atoms with Crippen LogP contribution in [-0.2, 0) is 6.42 Å². The summed E-state index contributed by atoms with van der Waals surface area (Å²) in [6.45, 7) is 5.52. The van der Waals surface area contributed by atoms with E-state index in [0.29, 0.717) is 12.2 Å². The van der Waals surface area contributed by atoms with E-state index in [9.17, 15) is 5.11 Å². The van der Waals surface area contributed by atoms with Crippen LogP contribution in [0, 0.1) is 6.92 Å². The van der Waals surface area contributed by atoms with Crippen molar-refractivity contribution in [3.63, 3.8) is 0 Å². The Hall–Kier alpha value is -1.44. The van der Waals surface area contributed by atoms with Crippen molar-refractivity contribution in [2.24, 2.45) is 0 Å². The monoisotopic (exact) mass is 178 g/mol. The van der Waals surface area contributed by atoms with E-state index in [0.717, 1.165) is 11.1 Å². The normalized spacial score (nSPS) is 9.69. The number of allylic oxidation sites excluding steroid dienone is 1. The molecule has 0 atom stereocenters. The van der Waals surface area contributed by atoms with Crippen molar-refractivity contribution in [1.82, 2.24) is 0 Å². The number of rotatable bonds is 3. The fourth-order valence-corrected chi connectivity index (χ4v) is 1.29. The fourth-order valence-electron chi connectivity index (χ4n) is 1.29. The minimum atomic E-state index is 0.224. The molecule has 0 bridgehead atoms. The molecule has 0 aliphatic rings. The summed E-state index contributed by atoms with van der Waals surface area (Å²) in [5.74, 6) is 0.779. The minimum absolute atomic E-state index is 0.224. The fraction of sp³-hybridized carbons (Fsp3) is 0.273. The molecule has 0 heterocycles. The molecule has 1 rings (SSSR count). The molecule has 2 heteroatoms. The number of hydrogen-bond donors (Lipinski definition) is 1. The third-order valence-corrected chi connectivity index (χ3v) is 1.98. The van der Waals surface area contributed by atoms with E-state index in [1.165, 1.54) is 0 Å². The summed E-state index contributed by atoms with van der Waals surface area (Å²) >= 11 is 0. The number of benzene rings is 1. The zero-order valence-electron chi connectivity index (χ0n) is 8.00. The van der Waals surface area contributed by atoms with Gasteiger partial charge >= 0.3 is 0 Å². The largest absolute Gasteiger partial charge is 0.504 e. The zero-order chi connectivity index (χ0) is 9.84. The standard InChI is InChI=1S/C11H14O2/c1-4-5-9-7-6-8(2)11(13-3)10(9)12/h4,6-7,12H,1,5H2,2-3H3. The van der Waals surface area contributed by atoms with Gasteiger partial charge in [0.15, 0.2) is 11.5 Å². The highest BCUT2D eigenvalue weighted by Gasteiger charge is 2.08. The van der Waals surface area contributed by atoms with Crippen LogP contribution in [-0.4, -0.2) is 12.2 Å². The third-order valence-electron chi connectivity index (χ3n) is 1.98. The molecule has 0 aliphatic carbocycles. The number of ether oxygens (including phenoxy) is 1. The van der Waals surface area contributed by atoms with E-state index in [2.05, 4.69) is 6.58 Å². The van der Waals surface area contributed by atoms with Crippen molar-refractivity contribution in [3.8, 4) is 11.5 Å². The van der Waals surface area contributed by atoms with Crippen LogP contribution >= 0.6 is 0 Å². The number of aromatic hydroxyl groups is 1. The van der Waals surface area contributed by atoms with Crippen LogP contribution < -0.4 is 4.74 Å². The van der Waals surface area contributed by atoms with Gasteiger partial charge in [0, 0.05) is 5.56 Å². The van der Waals surface area contributed by atoms with Crippen LogP contribution in [0.5, 0.6) is 11.5 Å². The molecule has 0 fully saturated rings. The summed E-state index contributed by atoms with van der Waals surface area (Å²) in [5.41, 5.74) is 1.78. The van der Waals surface area contributed by atoms with E-state index < -0.39 is 0 Å². The van der Waals surface area contributed by atoms with E-state index >= 15 is 0 Å². The van der Waals surface area contributed by atoms with Gasteiger partial charge in [0.25, 0.3) is 0 Å².